The van der Waals surface area contributed by atoms with Crippen LogP contribution in [0.5, 0.6) is 0 Å². The Balaban J connectivity index is 1.42. The average Bonchev–Trinajstić information content (AvgIpc) is 2.74. The van der Waals surface area contributed by atoms with Crippen LogP contribution in [-0.2, 0) is 15.8 Å². The molecule has 0 radical (unpaired) electrons. The van der Waals surface area contributed by atoms with E-state index in [0.717, 1.165) is 16.6 Å². The molecule has 0 aromatic heterocycles. The molecule has 1 fully saturated rings. The lowest BCUT2D eigenvalue weighted by atomic mass is 10.1. The Kier molecular flexibility index (Phi) is 7.55. The molecule has 10 heteroatoms. The number of rotatable bonds is 6. The zero-order valence-corrected chi connectivity index (χ0v) is 18.2. The molecule has 2 N–H and O–H groups in total. The quantitative estimate of drug-likeness (QED) is 0.640. The maximum Gasteiger partial charge on any atom is 0.416 e. The number of nitrogens with one attached hydrogen (secondary N) is 2. The summed E-state index contributed by atoms with van der Waals surface area (Å²) in [5.74, 6) is -0.621. The molecule has 2 amide bonds. The van der Waals surface area contributed by atoms with E-state index in [0.29, 0.717) is 37.6 Å². The Morgan fingerprint density at radius 3 is 2.35 bits per heavy atom. The van der Waals surface area contributed by atoms with E-state index in [1.54, 1.807) is 24.3 Å². The van der Waals surface area contributed by atoms with Crippen LogP contribution in [0.1, 0.15) is 5.56 Å². The van der Waals surface area contributed by atoms with E-state index >= 15 is 0 Å². The van der Waals surface area contributed by atoms with E-state index in [4.69, 9.17) is 0 Å². The van der Waals surface area contributed by atoms with Crippen LogP contribution in [0.25, 0.3) is 0 Å². The highest BCUT2D eigenvalue weighted by Crippen LogP contribution is 2.31. The number of benzene rings is 2. The fraction of sp³-hybridized carbons (Fsp3) is 0.333. The van der Waals surface area contributed by atoms with Gasteiger partial charge in [-0.05, 0) is 46.3 Å². The van der Waals surface area contributed by atoms with Crippen molar-refractivity contribution in [2.75, 3.05) is 49.5 Å². The highest BCUT2D eigenvalue weighted by atomic mass is 79.9. The van der Waals surface area contributed by atoms with E-state index in [-0.39, 0.29) is 24.9 Å². The molecule has 0 spiro atoms. The Hall–Kier alpha value is -2.59. The van der Waals surface area contributed by atoms with Gasteiger partial charge in [0.05, 0.1) is 24.3 Å². The van der Waals surface area contributed by atoms with Gasteiger partial charge in [-0.2, -0.15) is 13.2 Å². The van der Waals surface area contributed by atoms with Crippen molar-refractivity contribution in [3.05, 3.63) is 58.6 Å². The van der Waals surface area contributed by atoms with Gasteiger partial charge in [0.15, 0.2) is 0 Å². The minimum absolute atomic E-state index is 0.124. The zero-order valence-electron chi connectivity index (χ0n) is 16.6. The molecule has 0 unspecified atom stereocenters. The number of alkyl halides is 3. The van der Waals surface area contributed by atoms with E-state index in [1.165, 1.54) is 6.07 Å². The maximum absolute atomic E-state index is 12.9. The second-order valence-corrected chi connectivity index (χ2v) is 7.97. The van der Waals surface area contributed by atoms with Crippen LogP contribution in [0.4, 0.5) is 24.5 Å². The fourth-order valence-corrected chi connectivity index (χ4v) is 3.62. The molecule has 0 atom stereocenters. The number of anilines is 2. The van der Waals surface area contributed by atoms with Crippen molar-refractivity contribution in [2.45, 2.75) is 6.18 Å². The highest BCUT2D eigenvalue weighted by molar-refractivity contribution is 9.10. The van der Waals surface area contributed by atoms with E-state index in [9.17, 15) is 22.8 Å². The first-order chi connectivity index (χ1) is 14.7. The number of halogens is 4. The standard InChI is InChI=1S/C21H22BrF3N4O2/c22-17-6-1-2-7-18(17)27-19(30)13-26-20(31)14-28-8-10-29(11-9-28)16-5-3-4-15(12-16)21(23,24)25/h1-7,12H,8-11,13-14H2,(H,26,31)(H,27,30). The summed E-state index contributed by atoms with van der Waals surface area (Å²) < 4.78 is 39.5. The molecule has 0 bridgehead atoms. The van der Waals surface area contributed by atoms with Crippen LogP contribution in [0.15, 0.2) is 53.0 Å². The van der Waals surface area contributed by atoms with Crippen LogP contribution >= 0.6 is 15.9 Å². The molecule has 6 nitrogen and oxygen atoms in total. The number of carbonyl (C=O) groups excluding carboxylic acids is 2. The first-order valence-electron chi connectivity index (χ1n) is 9.68. The van der Waals surface area contributed by atoms with Gasteiger partial charge in [-0.3, -0.25) is 14.5 Å². The third-order valence-corrected chi connectivity index (χ3v) is 5.56. The van der Waals surface area contributed by atoms with Gasteiger partial charge in [-0.25, -0.2) is 0 Å². The van der Waals surface area contributed by atoms with Crippen molar-refractivity contribution >= 4 is 39.1 Å². The molecule has 1 heterocycles. The molecule has 166 valence electrons. The molecule has 0 aliphatic carbocycles. The van der Waals surface area contributed by atoms with Crippen LogP contribution in [0.2, 0.25) is 0 Å². The van der Waals surface area contributed by atoms with Crippen LogP contribution in [-0.4, -0.2) is 56.0 Å². The summed E-state index contributed by atoms with van der Waals surface area (Å²) in [6, 6.07) is 12.4. The number of nitrogens with zero attached hydrogens (tertiary/aromatic N) is 2. The molecule has 1 aliphatic rings. The van der Waals surface area contributed by atoms with Gasteiger partial charge in [-0.15, -0.1) is 0 Å². The van der Waals surface area contributed by atoms with Gasteiger partial charge in [-0.1, -0.05) is 18.2 Å². The predicted molar refractivity (Wildman–Crippen MR) is 116 cm³/mol. The highest BCUT2D eigenvalue weighted by Gasteiger charge is 2.31. The lowest BCUT2D eigenvalue weighted by molar-refractivity contribution is -0.137. The fourth-order valence-electron chi connectivity index (χ4n) is 3.24. The monoisotopic (exact) mass is 498 g/mol. The molecular formula is C21H22BrF3N4O2. The minimum atomic E-state index is -4.38. The second-order valence-electron chi connectivity index (χ2n) is 7.12. The van der Waals surface area contributed by atoms with Gasteiger partial charge < -0.3 is 15.5 Å². The summed E-state index contributed by atoms with van der Waals surface area (Å²) in [4.78, 5) is 28.0. The second kappa shape index (κ2) is 10.1. The summed E-state index contributed by atoms with van der Waals surface area (Å²) in [5.41, 5.74) is 0.461. The van der Waals surface area contributed by atoms with Gasteiger partial charge >= 0.3 is 6.18 Å². The Morgan fingerprint density at radius 2 is 1.68 bits per heavy atom. The first kappa shape index (κ1) is 23.1. The number of carbonyl (C=O) groups is 2. The normalized spacial score (nSPS) is 14.9. The number of hydrogen-bond donors (Lipinski definition) is 2. The summed E-state index contributed by atoms with van der Waals surface area (Å²) in [7, 11) is 0. The Bertz CT molecular complexity index is 931. The van der Waals surface area contributed by atoms with Crippen molar-refractivity contribution in [3.63, 3.8) is 0 Å². The molecule has 31 heavy (non-hydrogen) atoms. The number of piperazine rings is 1. The summed E-state index contributed by atoms with van der Waals surface area (Å²) >= 11 is 3.34. The number of amides is 2. The third kappa shape index (κ3) is 6.70. The topological polar surface area (TPSA) is 64.7 Å². The van der Waals surface area contributed by atoms with Crippen LogP contribution < -0.4 is 15.5 Å². The van der Waals surface area contributed by atoms with Crippen LogP contribution in [0.3, 0.4) is 0 Å². The van der Waals surface area contributed by atoms with Crippen molar-refractivity contribution < 1.29 is 22.8 Å². The van der Waals surface area contributed by atoms with E-state index in [2.05, 4.69) is 26.6 Å². The molecule has 2 aromatic carbocycles. The number of para-hydroxylation sites is 1. The first-order valence-corrected chi connectivity index (χ1v) is 10.5. The lowest BCUT2D eigenvalue weighted by Crippen LogP contribution is -2.50. The van der Waals surface area contributed by atoms with Crippen LogP contribution in [0, 0.1) is 0 Å². The SMILES string of the molecule is O=C(CN1CCN(c2cccc(C(F)(F)F)c2)CC1)NCC(=O)Nc1ccccc1Br. The molecule has 1 saturated heterocycles. The summed E-state index contributed by atoms with van der Waals surface area (Å²) in [6.45, 7) is 2.07. The Labute approximate surface area is 186 Å². The number of hydrogen-bond acceptors (Lipinski definition) is 4. The molecule has 0 saturated carbocycles. The van der Waals surface area contributed by atoms with Gasteiger partial charge in [0.25, 0.3) is 0 Å². The van der Waals surface area contributed by atoms with E-state index in [1.807, 2.05) is 15.9 Å². The van der Waals surface area contributed by atoms with Gasteiger partial charge in [0, 0.05) is 36.3 Å². The summed E-state index contributed by atoms with van der Waals surface area (Å²) in [6.07, 6.45) is -4.38. The smallest absolute Gasteiger partial charge is 0.369 e. The van der Waals surface area contributed by atoms with E-state index < -0.39 is 11.7 Å². The molecule has 1 aliphatic heterocycles. The van der Waals surface area contributed by atoms with Crippen molar-refractivity contribution in [1.82, 2.24) is 10.2 Å². The van der Waals surface area contributed by atoms with Crippen molar-refractivity contribution in [2.24, 2.45) is 0 Å². The zero-order chi connectivity index (χ0) is 22.4. The molecule has 2 aromatic rings. The Morgan fingerprint density at radius 1 is 0.968 bits per heavy atom. The summed E-state index contributed by atoms with van der Waals surface area (Å²) in [5, 5.41) is 5.30. The van der Waals surface area contributed by atoms with Crippen molar-refractivity contribution in [3.8, 4) is 0 Å². The largest absolute Gasteiger partial charge is 0.416 e. The average molecular weight is 499 g/mol. The third-order valence-electron chi connectivity index (χ3n) is 4.87. The predicted octanol–water partition coefficient (Wildman–Crippen LogP) is 3.34. The lowest BCUT2D eigenvalue weighted by Gasteiger charge is -2.36. The molecular weight excluding hydrogens is 477 g/mol. The molecule has 3 rings (SSSR count). The minimum Gasteiger partial charge on any atom is -0.369 e. The van der Waals surface area contributed by atoms with Crippen molar-refractivity contribution in [1.29, 1.82) is 0 Å². The van der Waals surface area contributed by atoms with Gasteiger partial charge in [0.2, 0.25) is 11.8 Å². The van der Waals surface area contributed by atoms with Gasteiger partial charge in [0.1, 0.15) is 0 Å². The maximum atomic E-state index is 12.9.